The zero-order valence-corrected chi connectivity index (χ0v) is 8.84. The first-order chi connectivity index (χ1) is 8.15. The lowest BCUT2D eigenvalue weighted by molar-refractivity contribution is -0.0498. The summed E-state index contributed by atoms with van der Waals surface area (Å²) in [5.41, 5.74) is 0.631. The summed E-state index contributed by atoms with van der Waals surface area (Å²) in [5, 5.41) is 15.2. The minimum absolute atomic E-state index is 0.0804. The normalized spacial score (nSPS) is 10.6. The maximum Gasteiger partial charge on any atom is 0.387 e. The average molecular weight is 238 g/mol. The van der Waals surface area contributed by atoms with Crippen molar-refractivity contribution < 1.29 is 13.5 Å². The molecule has 0 aliphatic rings. The van der Waals surface area contributed by atoms with E-state index in [2.05, 4.69) is 25.1 Å². The molecule has 0 spiro atoms. The molecule has 0 saturated carbocycles. The van der Waals surface area contributed by atoms with Crippen molar-refractivity contribution in [2.45, 2.75) is 13.5 Å². The van der Waals surface area contributed by atoms with Crippen LogP contribution in [0.1, 0.15) is 5.82 Å². The molecule has 1 aromatic carbocycles. The number of alkyl halides is 2. The zero-order valence-electron chi connectivity index (χ0n) is 8.84. The highest BCUT2D eigenvalue weighted by atomic mass is 19.3. The molecule has 17 heavy (non-hydrogen) atoms. The minimum atomic E-state index is -2.83. The van der Waals surface area contributed by atoms with Crippen LogP contribution in [0.4, 0.5) is 8.78 Å². The number of aromatic nitrogens is 4. The van der Waals surface area contributed by atoms with Crippen molar-refractivity contribution in [2.24, 2.45) is 0 Å². The van der Waals surface area contributed by atoms with Gasteiger partial charge in [0.2, 0.25) is 5.82 Å². The lowest BCUT2D eigenvalue weighted by atomic mass is 10.2. The van der Waals surface area contributed by atoms with E-state index < -0.39 is 6.61 Å². The fraction of sp³-hybridized carbons (Fsp3) is 0.200. The molecule has 0 atom stereocenters. The van der Waals surface area contributed by atoms with Crippen LogP contribution in [0.25, 0.3) is 11.4 Å². The van der Waals surface area contributed by atoms with Crippen LogP contribution in [0, 0.1) is 6.92 Å². The van der Waals surface area contributed by atoms with E-state index in [0.29, 0.717) is 17.2 Å². The van der Waals surface area contributed by atoms with Crippen LogP contribution >= 0.6 is 0 Å². The van der Waals surface area contributed by atoms with Crippen LogP contribution in [0.3, 0.4) is 0 Å². The third kappa shape index (κ3) is 2.90. The van der Waals surface area contributed by atoms with E-state index in [1.807, 2.05) is 0 Å². The van der Waals surface area contributed by atoms with Crippen molar-refractivity contribution in [1.82, 2.24) is 20.4 Å². The molecule has 2 aromatic rings. The summed E-state index contributed by atoms with van der Waals surface area (Å²) < 4.78 is 28.1. The van der Waals surface area contributed by atoms with Gasteiger partial charge in [0, 0.05) is 5.56 Å². The lowest BCUT2D eigenvalue weighted by Crippen LogP contribution is -2.02. The number of hydrogen-bond donors (Lipinski definition) is 0. The van der Waals surface area contributed by atoms with Gasteiger partial charge >= 0.3 is 6.61 Å². The molecule has 7 heteroatoms. The third-order valence-corrected chi connectivity index (χ3v) is 1.92. The van der Waals surface area contributed by atoms with Gasteiger partial charge in [0.05, 0.1) is 0 Å². The van der Waals surface area contributed by atoms with Gasteiger partial charge in [-0.3, -0.25) is 0 Å². The molecule has 88 valence electrons. The van der Waals surface area contributed by atoms with Crippen molar-refractivity contribution in [3.05, 3.63) is 30.1 Å². The van der Waals surface area contributed by atoms with Crippen molar-refractivity contribution in [3.8, 4) is 17.1 Å². The highest BCUT2D eigenvalue weighted by Crippen LogP contribution is 2.19. The predicted molar refractivity (Wildman–Crippen MR) is 54.4 cm³/mol. The molecule has 0 unspecified atom stereocenters. The van der Waals surface area contributed by atoms with Crippen LogP contribution in [0.15, 0.2) is 24.3 Å². The Morgan fingerprint density at radius 2 is 1.59 bits per heavy atom. The molecule has 0 aliphatic heterocycles. The number of benzene rings is 1. The Balaban J connectivity index is 2.20. The molecule has 0 N–H and O–H groups in total. The number of nitrogens with zero attached hydrogens (tertiary/aromatic N) is 4. The van der Waals surface area contributed by atoms with E-state index in [-0.39, 0.29) is 5.75 Å². The summed E-state index contributed by atoms with van der Waals surface area (Å²) >= 11 is 0. The van der Waals surface area contributed by atoms with E-state index in [0.717, 1.165) is 0 Å². The highest BCUT2D eigenvalue weighted by Gasteiger charge is 2.06. The summed E-state index contributed by atoms with van der Waals surface area (Å²) in [7, 11) is 0. The third-order valence-electron chi connectivity index (χ3n) is 1.92. The molecule has 0 aliphatic carbocycles. The molecule has 0 saturated heterocycles. The zero-order chi connectivity index (χ0) is 12.3. The standard InChI is InChI=1S/C10H8F2N4O/c1-6-13-15-9(16-14-6)7-2-4-8(5-3-7)17-10(11)12/h2-5,10H,1H3. The SMILES string of the molecule is Cc1nnc(-c2ccc(OC(F)F)cc2)nn1. The van der Waals surface area contributed by atoms with Gasteiger partial charge in [-0.05, 0) is 31.2 Å². The van der Waals surface area contributed by atoms with Crippen molar-refractivity contribution in [3.63, 3.8) is 0 Å². The molecule has 5 nitrogen and oxygen atoms in total. The summed E-state index contributed by atoms with van der Waals surface area (Å²) in [6, 6.07) is 5.94. The molecule has 0 amide bonds. The monoisotopic (exact) mass is 238 g/mol. The van der Waals surface area contributed by atoms with Crippen molar-refractivity contribution in [1.29, 1.82) is 0 Å². The quantitative estimate of drug-likeness (QED) is 0.816. The van der Waals surface area contributed by atoms with Gasteiger partial charge in [-0.15, -0.1) is 20.4 Å². The first kappa shape index (κ1) is 11.3. The minimum Gasteiger partial charge on any atom is -0.435 e. The second kappa shape index (κ2) is 4.77. The number of rotatable bonds is 3. The van der Waals surface area contributed by atoms with Crippen LogP contribution in [0.5, 0.6) is 5.75 Å². The van der Waals surface area contributed by atoms with Gasteiger partial charge in [0.25, 0.3) is 0 Å². The fourth-order valence-corrected chi connectivity index (χ4v) is 1.18. The van der Waals surface area contributed by atoms with E-state index >= 15 is 0 Å². The van der Waals surface area contributed by atoms with Crippen LogP contribution in [-0.2, 0) is 0 Å². The molecule has 0 radical (unpaired) electrons. The summed E-state index contributed by atoms with van der Waals surface area (Å²) in [5.74, 6) is 0.877. The van der Waals surface area contributed by atoms with Gasteiger partial charge in [-0.1, -0.05) is 0 Å². The number of halogens is 2. The Bertz CT molecular complexity index is 487. The van der Waals surface area contributed by atoms with Gasteiger partial charge in [0.15, 0.2) is 5.82 Å². The van der Waals surface area contributed by atoms with Gasteiger partial charge in [0.1, 0.15) is 5.75 Å². The molecule has 0 bridgehead atoms. The molecule has 0 fully saturated rings. The van der Waals surface area contributed by atoms with Gasteiger partial charge < -0.3 is 4.74 Å². The Labute approximate surface area is 95.5 Å². The van der Waals surface area contributed by atoms with Gasteiger partial charge in [-0.2, -0.15) is 8.78 Å². The lowest BCUT2D eigenvalue weighted by Gasteiger charge is -2.04. The predicted octanol–water partition coefficient (Wildman–Crippen LogP) is 1.84. The molecule has 1 heterocycles. The number of hydrogen-bond acceptors (Lipinski definition) is 5. The molecule has 1 aromatic heterocycles. The Morgan fingerprint density at radius 3 is 2.12 bits per heavy atom. The Kier molecular flexibility index (Phi) is 3.17. The highest BCUT2D eigenvalue weighted by molar-refractivity contribution is 5.54. The van der Waals surface area contributed by atoms with Gasteiger partial charge in [-0.25, -0.2) is 0 Å². The van der Waals surface area contributed by atoms with E-state index in [4.69, 9.17) is 0 Å². The smallest absolute Gasteiger partial charge is 0.387 e. The van der Waals surface area contributed by atoms with Crippen molar-refractivity contribution >= 4 is 0 Å². The first-order valence-electron chi connectivity index (χ1n) is 4.74. The first-order valence-corrected chi connectivity index (χ1v) is 4.74. The maximum atomic E-state index is 11.9. The average Bonchev–Trinajstić information content (AvgIpc) is 2.30. The summed E-state index contributed by atoms with van der Waals surface area (Å²) in [6.07, 6.45) is 0. The van der Waals surface area contributed by atoms with Crippen LogP contribution < -0.4 is 4.74 Å². The largest absolute Gasteiger partial charge is 0.435 e. The second-order valence-corrected chi connectivity index (χ2v) is 3.17. The van der Waals surface area contributed by atoms with Crippen molar-refractivity contribution in [2.75, 3.05) is 0 Å². The second-order valence-electron chi connectivity index (χ2n) is 3.17. The number of ether oxygens (including phenoxy) is 1. The van der Waals surface area contributed by atoms with Crippen LogP contribution in [0.2, 0.25) is 0 Å². The molecular formula is C10H8F2N4O. The summed E-state index contributed by atoms with van der Waals surface area (Å²) in [4.78, 5) is 0. The Morgan fingerprint density at radius 1 is 1.00 bits per heavy atom. The van der Waals surface area contributed by atoms with E-state index in [9.17, 15) is 8.78 Å². The van der Waals surface area contributed by atoms with E-state index in [1.165, 1.54) is 12.1 Å². The topological polar surface area (TPSA) is 60.8 Å². The fourth-order valence-electron chi connectivity index (χ4n) is 1.18. The molecular weight excluding hydrogens is 230 g/mol. The Hall–Kier alpha value is -2.18. The van der Waals surface area contributed by atoms with E-state index in [1.54, 1.807) is 19.1 Å². The molecule has 2 rings (SSSR count). The number of aryl methyl sites for hydroxylation is 1. The van der Waals surface area contributed by atoms with Crippen LogP contribution in [-0.4, -0.2) is 27.0 Å². The summed E-state index contributed by atoms with van der Waals surface area (Å²) in [6.45, 7) is -1.16. The maximum absolute atomic E-state index is 11.9.